The molecule has 1 heterocycles. The van der Waals surface area contributed by atoms with Crippen LogP contribution in [0.1, 0.15) is 30.7 Å². The third-order valence-corrected chi connectivity index (χ3v) is 5.53. The summed E-state index contributed by atoms with van der Waals surface area (Å²) in [6.45, 7) is 3.84. The van der Waals surface area contributed by atoms with Crippen molar-refractivity contribution in [3.8, 4) is 17.0 Å². The summed E-state index contributed by atoms with van der Waals surface area (Å²) in [6.07, 6.45) is -5.76. The molecule has 10 heteroatoms. The molecule has 0 saturated heterocycles. The Morgan fingerprint density at radius 1 is 1.14 bits per heavy atom. The molecule has 0 aliphatic carbocycles. The largest absolute Gasteiger partial charge is 0.431 e. The first-order valence-corrected chi connectivity index (χ1v) is 11.0. The first-order valence-electron chi connectivity index (χ1n) is 10.6. The van der Waals surface area contributed by atoms with Crippen molar-refractivity contribution < 1.29 is 32.2 Å². The van der Waals surface area contributed by atoms with Crippen molar-refractivity contribution in [3.05, 3.63) is 76.2 Å². The van der Waals surface area contributed by atoms with Gasteiger partial charge in [0.2, 0.25) is 5.88 Å². The quantitative estimate of drug-likeness (QED) is 0.382. The number of alkyl halides is 3. The van der Waals surface area contributed by atoms with Crippen LogP contribution in [-0.4, -0.2) is 39.9 Å². The van der Waals surface area contributed by atoms with E-state index in [0.29, 0.717) is 5.56 Å². The molecule has 188 valence electrons. The number of aromatic nitrogens is 1. The van der Waals surface area contributed by atoms with E-state index < -0.39 is 29.4 Å². The molecule has 0 saturated carbocycles. The Labute approximate surface area is 205 Å². The molecular formula is C25H25ClF4N2O3. The number of hydrogen-bond donors (Lipinski definition) is 1. The van der Waals surface area contributed by atoms with E-state index in [1.165, 1.54) is 40.0 Å². The van der Waals surface area contributed by atoms with E-state index in [0.717, 1.165) is 15.5 Å². The number of likely N-dealkylation sites (N-methyl/N-ethyl adjacent to an activating group) is 1. The number of hydrogen-bond acceptors (Lipinski definition) is 3. The fourth-order valence-electron chi connectivity index (χ4n) is 3.90. The monoisotopic (exact) mass is 512 g/mol. The van der Waals surface area contributed by atoms with Crippen molar-refractivity contribution in [2.45, 2.75) is 39.1 Å². The van der Waals surface area contributed by atoms with Gasteiger partial charge < -0.3 is 19.3 Å². The Balaban J connectivity index is 2.25. The van der Waals surface area contributed by atoms with Crippen LogP contribution in [0.15, 0.2) is 48.5 Å². The minimum absolute atomic E-state index is 0.0415. The van der Waals surface area contributed by atoms with Crippen LogP contribution in [0.5, 0.6) is 5.88 Å². The molecule has 0 fully saturated rings. The zero-order valence-corrected chi connectivity index (χ0v) is 20.3. The van der Waals surface area contributed by atoms with Crippen molar-refractivity contribution in [1.82, 2.24) is 9.47 Å². The number of halogens is 5. The normalized spacial score (nSPS) is 12.1. The van der Waals surface area contributed by atoms with E-state index in [4.69, 9.17) is 16.3 Å². The fraction of sp³-hybridized carbons (Fsp3) is 0.320. The van der Waals surface area contributed by atoms with Crippen molar-refractivity contribution in [3.63, 3.8) is 0 Å². The van der Waals surface area contributed by atoms with E-state index >= 15 is 0 Å². The van der Waals surface area contributed by atoms with E-state index in [1.54, 1.807) is 30.3 Å². The predicted octanol–water partition coefficient (Wildman–Crippen LogP) is 6.52. The van der Waals surface area contributed by atoms with Crippen LogP contribution in [0.25, 0.3) is 11.1 Å². The number of rotatable bonds is 6. The highest BCUT2D eigenvalue weighted by molar-refractivity contribution is 6.31. The number of nitrogens with zero attached hydrogens (tertiary/aromatic N) is 2. The van der Waals surface area contributed by atoms with Gasteiger partial charge in [-0.2, -0.15) is 13.2 Å². The van der Waals surface area contributed by atoms with Gasteiger partial charge in [0.15, 0.2) is 0 Å². The summed E-state index contributed by atoms with van der Waals surface area (Å²) < 4.78 is 63.1. The molecule has 0 unspecified atom stereocenters. The van der Waals surface area contributed by atoms with Gasteiger partial charge in [-0.3, -0.25) is 0 Å². The average Bonchev–Trinajstić information content (AvgIpc) is 3.00. The lowest BCUT2D eigenvalue weighted by atomic mass is 10.0. The van der Waals surface area contributed by atoms with E-state index in [-0.39, 0.29) is 40.7 Å². The van der Waals surface area contributed by atoms with Crippen LogP contribution in [0.4, 0.5) is 22.4 Å². The lowest BCUT2D eigenvalue weighted by Gasteiger charge is -2.25. The van der Waals surface area contributed by atoms with Crippen LogP contribution in [0, 0.1) is 12.7 Å². The molecule has 3 rings (SSSR count). The molecule has 0 aliphatic rings. The third-order valence-electron chi connectivity index (χ3n) is 5.24. The van der Waals surface area contributed by atoms with Crippen LogP contribution in [-0.2, 0) is 12.7 Å². The minimum Gasteiger partial charge on any atom is -0.392 e. The van der Waals surface area contributed by atoms with Crippen LogP contribution in [0.3, 0.4) is 0 Å². The maximum atomic E-state index is 14.3. The number of carbonyl (C=O) groups is 1. The number of benzene rings is 2. The maximum absolute atomic E-state index is 14.3. The highest BCUT2D eigenvalue weighted by Crippen LogP contribution is 2.45. The highest BCUT2D eigenvalue weighted by atomic mass is 35.5. The first-order chi connectivity index (χ1) is 16.2. The summed E-state index contributed by atoms with van der Waals surface area (Å²) in [5.41, 5.74) is -1.83. The Hall–Kier alpha value is -3.04. The summed E-state index contributed by atoms with van der Waals surface area (Å²) in [5, 5.41) is 9.75. The van der Waals surface area contributed by atoms with E-state index in [2.05, 4.69) is 0 Å². The van der Waals surface area contributed by atoms with Crippen molar-refractivity contribution >= 4 is 17.7 Å². The topological polar surface area (TPSA) is 54.7 Å². The summed E-state index contributed by atoms with van der Waals surface area (Å²) in [6, 6.07) is 11.9. The summed E-state index contributed by atoms with van der Waals surface area (Å²) >= 11 is 5.92. The Kier molecular flexibility index (Phi) is 7.52. The van der Waals surface area contributed by atoms with Gasteiger partial charge in [-0.15, -0.1) is 0 Å². The number of aliphatic hydroxyl groups is 1. The molecule has 0 spiro atoms. The van der Waals surface area contributed by atoms with Gasteiger partial charge in [0, 0.05) is 12.6 Å². The fourth-order valence-corrected chi connectivity index (χ4v) is 4.08. The molecule has 0 radical (unpaired) electrons. The molecule has 1 aromatic heterocycles. The standard InChI is InChI=1S/C25H25ClF4N2O3/c1-15-20(17-10-11-19(27)18(26)12-17)22(35-23(33)31(4)14-24(2,3)34)32(21(15)25(28,29)30)13-16-8-6-5-7-9-16/h5-12,34H,13-14H2,1-4H3. The SMILES string of the molecule is Cc1c(-c2ccc(F)c(Cl)c2)c(OC(=O)N(C)CC(C)(C)O)n(Cc2ccccc2)c1C(F)(F)F. The lowest BCUT2D eigenvalue weighted by Crippen LogP contribution is -2.41. The number of ether oxygens (including phenoxy) is 1. The lowest BCUT2D eigenvalue weighted by molar-refractivity contribution is -0.144. The molecule has 3 aromatic rings. The van der Waals surface area contributed by atoms with Crippen molar-refractivity contribution in [2.24, 2.45) is 0 Å². The first kappa shape index (κ1) is 26.6. The summed E-state index contributed by atoms with van der Waals surface area (Å²) in [4.78, 5) is 13.9. The van der Waals surface area contributed by atoms with Crippen molar-refractivity contribution in [1.29, 1.82) is 0 Å². The third kappa shape index (κ3) is 6.15. The van der Waals surface area contributed by atoms with Gasteiger partial charge in [0.25, 0.3) is 0 Å². The van der Waals surface area contributed by atoms with Crippen LogP contribution in [0.2, 0.25) is 5.02 Å². The van der Waals surface area contributed by atoms with Gasteiger partial charge in [0.1, 0.15) is 11.5 Å². The number of carbonyl (C=O) groups excluding carboxylic acids is 1. The van der Waals surface area contributed by atoms with Gasteiger partial charge >= 0.3 is 12.3 Å². The number of amides is 1. The predicted molar refractivity (Wildman–Crippen MR) is 125 cm³/mol. The molecule has 35 heavy (non-hydrogen) atoms. The maximum Gasteiger partial charge on any atom is 0.431 e. The second-order valence-electron chi connectivity index (χ2n) is 8.89. The zero-order chi connectivity index (χ0) is 26.1. The van der Waals surface area contributed by atoms with Crippen LogP contribution >= 0.6 is 11.6 Å². The summed E-state index contributed by atoms with van der Waals surface area (Å²) in [5.74, 6) is -1.11. The molecule has 1 amide bonds. The minimum atomic E-state index is -4.79. The second kappa shape index (κ2) is 9.91. The molecule has 0 aliphatic heterocycles. The van der Waals surface area contributed by atoms with Crippen molar-refractivity contribution in [2.75, 3.05) is 13.6 Å². The van der Waals surface area contributed by atoms with Gasteiger partial charge in [-0.05, 0) is 49.6 Å². The Morgan fingerprint density at radius 2 is 1.77 bits per heavy atom. The summed E-state index contributed by atoms with van der Waals surface area (Å²) in [7, 11) is 1.36. The van der Waals surface area contributed by atoms with Crippen LogP contribution < -0.4 is 4.74 Å². The molecule has 1 N–H and O–H groups in total. The van der Waals surface area contributed by atoms with Gasteiger partial charge in [0.05, 0.1) is 23.7 Å². The smallest absolute Gasteiger partial charge is 0.392 e. The average molecular weight is 513 g/mol. The molecular weight excluding hydrogens is 488 g/mol. The van der Waals surface area contributed by atoms with E-state index in [1.807, 2.05) is 0 Å². The van der Waals surface area contributed by atoms with Gasteiger partial charge in [-0.25, -0.2) is 9.18 Å². The molecule has 0 bridgehead atoms. The van der Waals surface area contributed by atoms with E-state index in [9.17, 15) is 27.5 Å². The Morgan fingerprint density at radius 3 is 2.31 bits per heavy atom. The second-order valence-corrected chi connectivity index (χ2v) is 9.30. The van der Waals surface area contributed by atoms with Gasteiger partial charge in [-0.1, -0.05) is 48.0 Å². The highest BCUT2D eigenvalue weighted by Gasteiger charge is 2.41. The molecule has 5 nitrogen and oxygen atoms in total. The Bertz CT molecular complexity index is 1220. The molecule has 0 atom stereocenters. The zero-order valence-electron chi connectivity index (χ0n) is 19.6. The molecule has 2 aromatic carbocycles.